The molecule has 0 saturated heterocycles. The number of aromatic nitrogens is 1. The van der Waals surface area contributed by atoms with Crippen molar-refractivity contribution in [2.45, 2.75) is 6.42 Å². The average molecular weight is 398 g/mol. The first kappa shape index (κ1) is 18.3. The van der Waals surface area contributed by atoms with Gasteiger partial charge in [-0.25, -0.2) is 9.37 Å². The minimum atomic E-state index is -0.479. The maximum atomic E-state index is 13.4. The second kappa shape index (κ2) is 7.48. The molecule has 1 aromatic heterocycles. The van der Waals surface area contributed by atoms with Crippen molar-refractivity contribution in [2.75, 3.05) is 19.0 Å². The summed E-state index contributed by atoms with van der Waals surface area (Å²) in [6, 6.07) is 11.8. The van der Waals surface area contributed by atoms with E-state index >= 15 is 0 Å². The van der Waals surface area contributed by atoms with Gasteiger partial charge in [0, 0.05) is 42.0 Å². The number of halogens is 2. The highest BCUT2D eigenvalue weighted by molar-refractivity contribution is 6.31. The Morgan fingerprint density at radius 1 is 1.25 bits per heavy atom. The Kier molecular flexibility index (Phi) is 4.88. The van der Waals surface area contributed by atoms with Crippen molar-refractivity contribution in [3.05, 3.63) is 70.6 Å². The van der Waals surface area contributed by atoms with E-state index in [4.69, 9.17) is 16.3 Å². The van der Waals surface area contributed by atoms with Gasteiger partial charge in [-0.1, -0.05) is 23.7 Å². The van der Waals surface area contributed by atoms with E-state index in [-0.39, 0.29) is 10.9 Å². The number of rotatable bonds is 4. The quantitative estimate of drug-likeness (QED) is 0.676. The Hall–Kier alpha value is -3.12. The maximum absolute atomic E-state index is 13.4. The predicted octanol–water partition coefficient (Wildman–Crippen LogP) is 4.58. The lowest BCUT2D eigenvalue weighted by atomic mass is 9.98. The summed E-state index contributed by atoms with van der Waals surface area (Å²) in [5, 5.41) is 5.80. The summed E-state index contributed by atoms with van der Waals surface area (Å²) in [6.45, 7) is 0.544. The van der Waals surface area contributed by atoms with Crippen molar-refractivity contribution < 1.29 is 13.9 Å². The minimum absolute atomic E-state index is 0.0326. The van der Waals surface area contributed by atoms with Gasteiger partial charge < -0.3 is 15.4 Å². The molecule has 0 saturated carbocycles. The number of amides is 1. The van der Waals surface area contributed by atoms with Crippen LogP contribution in [0.2, 0.25) is 5.02 Å². The van der Waals surface area contributed by atoms with Gasteiger partial charge in [0.25, 0.3) is 5.91 Å². The van der Waals surface area contributed by atoms with Gasteiger partial charge in [-0.05, 0) is 35.9 Å². The molecule has 3 aromatic rings. The molecule has 7 heteroatoms. The van der Waals surface area contributed by atoms with Gasteiger partial charge in [-0.2, -0.15) is 0 Å². The van der Waals surface area contributed by atoms with Crippen LogP contribution in [0.1, 0.15) is 15.9 Å². The molecule has 2 aromatic carbocycles. The lowest BCUT2D eigenvalue weighted by molar-refractivity contribution is 0.0963. The number of carbonyl (C=O) groups excluding carboxylic acids is 1. The summed E-state index contributed by atoms with van der Waals surface area (Å²) in [7, 11) is 1.60. The molecule has 0 spiro atoms. The second-order valence-electron chi connectivity index (χ2n) is 6.34. The molecule has 2 heterocycles. The third-order valence-electron chi connectivity index (χ3n) is 4.58. The summed E-state index contributed by atoms with van der Waals surface area (Å²) in [4.78, 5) is 16.4. The molecule has 4 rings (SSSR count). The van der Waals surface area contributed by atoms with Crippen LogP contribution in [-0.2, 0) is 6.42 Å². The van der Waals surface area contributed by atoms with Crippen LogP contribution in [0.5, 0.6) is 5.75 Å². The van der Waals surface area contributed by atoms with Crippen molar-refractivity contribution in [1.82, 2.24) is 10.3 Å². The van der Waals surface area contributed by atoms with Gasteiger partial charge in [0.2, 0.25) is 0 Å². The minimum Gasteiger partial charge on any atom is -0.489 e. The molecule has 0 unspecified atom stereocenters. The number of nitrogens with one attached hydrogen (secondary N) is 2. The summed E-state index contributed by atoms with van der Waals surface area (Å²) in [5.74, 6) is 0.576. The highest BCUT2D eigenvalue weighted by Gasteiger charge is 2.23. The highest BCUT2D eigenvalue weighted by Crippen LogP contribution is 2.40. The Bertz CT molecular complexity index is 1070. The van der Waals surface area contributed by atoms with Crippen LogP contribution < -0.4 is 15.4 Å². The number of ether oxygens (including phenoxy) is 1. The lowest BCUT2D eigenvalue weighted by Crippen LogP contribution is -2.17. The summed E-state index contributed by atoms with van der Waals surface area (Å²) < 4.78 is 19.2. The van der Waals surface area contributed by atoms with Crippen molar-refractivity contribution in [3.63, 3.8) is 0 Å². The van der Waals surface area contributed by atoms with Crippen molar-refractivity contribution in [3.8, 4) is 16.9 Å². The number of carbonyl (C=O) groups is 1. The SMILES string of the molecule is CNC(=O)c1cccc(-c2cnc(Nc3ccc(F)c(Cl)c3)c3c2CCO3)c1. The molecule has 0 atom stereocenters. The summed E-state index contributed by atoms with van der Waals surface area (Å²) in [6.07, 6.45) is 2.49. The smallest absolute Gasteiger partial charge is 0.251 e. The number of pyridine rings is 1. The molecule has 1 aliphatic rings. The molecular formula is C21H17ClFN3O2. The normalized spacial score (nSPS) is 12.2. The van der Waals surface area contributed by atoms with Crippen LogP contribution in [0.3, 0.4) is 0 Å². The molecule has 0 aliphatic carbocycles. The van der Waals surface area contributed by atoms with E-state index in [2.05, 4.69) is 15.6 Å². The summed E-state index contributed by atoms with van der Waals surface area (Å²) in [5.41, 5.74) is 4.02. The molecule has 5 nitrogen and oxygen atoms in total. The van der Waals surface area contributed by atoms with E-state index in [1.54, 1.807) is 25.4 Å². The summed E-state index contributed by atoms with van der Waals surface area (Å²) >= 11 is 5.86. The number of hydrogen-bond acceptors (Lipinski definition) is 4. The van der Waals surface area contributed by atoms with E-state index in [0.717, 1.165) is 23.1 Å². The van der Waals surface area contributed by atoms with Crippen LogP contribution >= 0.6 is 11.6 Å². The van der Waals surface area contributed by atoms with Gasteiger partial charge in [-0.15, -0.1) is 0 Å². The molecule has 1 aliphatic heterocycles. The molecule has 142 valence electrons. The first-order valence-corrected chi connectivity index (χ1v) is 9.14. The number of fused-ring (bicyclic) bond motifs is 1. The van der Waals surface area contributed by atoms with Crippen molar-refractivity contribution >= 4 is 29.0 Å². The topological polar surface area (TPSA) is 63.2 Å². The zero-order chi connectivity index (χ0) is 19.7. The standard InChI is InChI=1S/C21H17ClFN3O2/c1-24-21(27)13-4-2-3-12(9-13)16-11-25-20(19-15(16)7-8-28-19)26-14-5-6-18(23)17(22)10-14/h2-6,9-11H,7-8H2,1H3,(H,24,27)(H,25,26). The molecule has 1 amide bonds. The van der Waals surface area contributed by atoms with Gasteiger partial charge in [0.05, 0.1) is 11.6 Å². The first-order chi connectivity index (χ1) is 13.6. The predicted molar refractivity (Wildman–Crippen MR) is 107 cm³/mol. The number of hydrogen-bond donors (Lipinski definition) is 2. The van der Waals surface area contributed by atoms with Crippen LogP contribution in [-0.4, -0.2) is 24.5 Å². The number of nitrogens with zero attached hydrogens (tertiary/aromatic N) is 1. The molecular weight excluding hydrogens is 381 g/mol. The van der Waals surface area contributed by atoms with Gasteiger partial charge in [-0.3, -0.25) is 4.79 Å². The third-order valence-corrected chi connectivity index (χ3v) is 4.87. The lowest BCUT2D eigenvalue weighted by Gasteiger charge is -2.13. The molecule has 28 heavy (non-hydrogen) atoms. The Balaban J connectivity index is 1.72. The van der Waals surface area contributed by atoms with E-state index in [9.17, 15) is 9.18 Å². The fourth-order valence-corrected chi connectivity index (χ4v) is 3.39. The fourth-order valence-electron chi connectivity index (χ4n) is 3.21. The zero-order valence-electron chi connectivity index (χ0n) is 15.1. The maximum Gasteiger partial charge on any atom is 0.251 e. The molecule has 0 radical (unpaired) electrons. The average Bonchev–Trinajstić information content (AvgIpc) is 3.21. The largest absolute Gasteiger partial charge is 0.489 e. The first-order valence-electron chi connectivity index (χ1n) is 8.76. The third kappa shape index (κ3) is 3.39. The van der Waals surface area contributed by atoms with Crippen LogP contribution in [0.15, 0.2) is 48.7 Å². The number of anilines is 2. The molecule has 0 fully saturated rings. The van der Waals surface area contributed by atoms with E-state index in [1.165, 1.54) is 12.1 Å². The Morgan fingerprint density at radius 3 is 2.89 bits per heavy atom. The van der Waals surface area contributed by atoms with Gasteiger partial charge in [0.15, 0.2) is 11.6 Å². The highest BCUT2D eigenvalue weighted by atomic mass is 35.5. The van der Waals surface area contributed by atoms with E-state index in [0.29, 0.717) is 29.4 Å². The second-order valence-corrected chi connectivity index (χ2v) is 6.75. The van der Waals surface area contributed by atoms with Gasteiger partial charge in [0.1, 0.15) is 5.82 Å². The Morgan fingerprint density at radius 2 is 2.11 bits per heavy atom. The van der Waals surface area contributed by atoms with Crippen molar-refractivity contribution in [2.24, 2.45) is 0 Å². The van der Waals surface area contributed by atoms with E-state index in [1.807, 2.05) is 18.2 Å². The number of benzene rings is 2. The van der Waals surface area contributed by atoms with Crippen molar-refractivity contribution in [1.29, 1.82) is 0 Å². The Labute approximate surface area is 166 Å². The molecule has 0 bridgehead atoms. The van der Waals surface area contributed by atoms with Gasteiger partial charge >= 0.3 is 0 Å². The van der Waals surface area contributed by atoms with Crippen LogP contribution in [0.4, 0.5) is 15.9 Å². The van der Waals surface area contributed by atoms with E-state index < -0.39 is 5.82 Å². The van der Waals surface area contributed by atoms with Crippen LogP contribution in [0.25, 0.3) is 11.1 Å². The fraction of sp³-hybridized carbons (Fsp3) is 0.143. The molecule has 2 N–H and O–H groups in total. The van der Waals surface area contributed by atoms with Crippen LogP contribution in [0, 0.1) is 5.82 Å². The zero-order valence-corrected chi connectivity index (χ0v) is 15.8. The monoisotopic (exact) mass is 397 g/mol.